The molecular formula is C26H30ClN5O2S. The number of nitrogens with one attached hydrogen (secondary N) is 1. The summed E-state index contributed by atoms with van der Waals surface area (Å²) in [5.74, 6) is -0.0497. The van der Waals surface area contributed by atoms with E-state index >= 15 is 0 Å². The van der Waals surface area contributed by atoms with Gasteiger partial charge in [-0.15, -0.1) is 11.3 Å². The monoisotopic (exact) mass is 511 g/mol. The third-order valence-electron chi connectivity index (χ3n) is 5.95. The quantitative estimate of drug-likeness (QED) is 0.473. The molecule has 1 aliphatic heterocycles. The van der Waals surface area contributed by atoms with Gasteiger partial charge in [-0.1, -0.05) is 48.0 Å². The molecule has 4 rings (SSSR count). The van der Waals surface area contributed by atoms with Gasteiger partial charge in [0.15, 0.2) is 0 Å². The highest BCUT2D eigenvalue weighted by Crippen LogP contribution is 2.20. The fraction of sp³-hybridized carbons (Fsp3) is 0.346. The summed E-state index contributed by atoms with van der Waals surface area (Å²) in [6.07, 6.45) is 0. The molecule has 1 saturated heterocycles. The maximum Gasteiger partial charge on any atom is 0.322 e. The van der Waals surface area contributed by atoms with Crippen molar-refractivity contribution >= 4 is 40.6 Å². The van der Waals surface area contributed by atoms with E-state index in [9.17, 15) is 9.59 Å². The zero-order valence-electron chi connectivity index (χ0n) is 20.0. The van der Waals surface area contributed by atoms with Crippen molar-refractivity contribution in [3.05, 3.63) is 81.3 Å². The van der Waals surface area contributed by atoms with Crippen molar-refractivity contribution in [2.24, 2.45) is 0 Å². The van der Waals surface area contributed by atoms with Crippen molar-refractivity contribution in [2.45, 2.75) is 33.0 Å². The fourth-order valence-corrected chi connectivity index (χ4v) is 4.95. The van der Waals surface area contributed by atoms with Crippen molar-refractivity contribution < 1.29 is 9.59 Å². The molecule has 0 radical (unpaired) electrons. The smallest absolute Gasteiger partial charge is 0.322 e. The topological polar surface area (TPSA) is 68.8 Å². The maximum absolute atomic E-state index is 13.1. The van der Waals surface area contributed by atoms with Crippen LogP contribution in [0.4, 0.5) is 10.5 Å². The molecule has 0 bridgehead atoms. The number of aromatic nitrogens is 1. The number of carbonyl (C=O) groups is 2. The van der Waals surface area contributed by atoms with Crippen LogP contribution in [0.3, 0.4) is 0 Å². The number of benzene rings is 2. The lowest BCUT2D eigenvalue weighted by atomic mass is 10.2. The van der Waals surface area contributed by atoms with Crippen molar-refractivity contribution in [1.82, 2.24) is 19.7 Å². The van der Waals surface area contributed by atoms with E-state index in [2.05, 4.69) is 39.5 Å². The summed E-state index contributed by atoms with van der Waals surface area (Å²) in [4.78, 5) is 36.4. The van der Waals surface area contributed by atoms with Crippen molar-refractivity contribution in [2.75, 3.05) is 31.5 Å². The summed E-state index contributed by atoms with van der Waals surface area (Å²) in [5, 5.41) is 5.97. The second-order valence-electron chi connectivity index (χ2n) is 8.84. The molecule has 1 fully saturated rings. The van der Waals surface area contributed by atoms with E-state index < -0.39 is 0 Å². The van der Waals surface area contributed by atoms with E-state index in [0.29, 0.717) is 36.0 Å². The standard InChI is InChI=1S/C26H30ClN5O2S/c1-19(2)32(26(34)28-22-10-6-9-21(27)15-22)17-24-29-23(18-35-24)25(33)31-13-11-30(12-14-31)16-20-7-4-3-5-8-20/h3-10,15,18-19H,11-14,16-17H2,1-2H3,(H,28,34). The molecule has 3 aromatic rings. The highest BCUT2D eigenvalue weighted by molar-refractivity contribution is 7.09. The molecular weight excluding hydrogens is 482 g/mol. The SMILES string of the molecule is CC(C)N(Cc1nc(C(=O)N2CCN(Cc3ccccc3)CC2)cs1)C(=O)Nc1cccc(Cl)c1. The van der Waals surface area contributed by atoms with Crippen LogP contribution in [-0.4, -0.2) is 63.8 Å². The first kappa shape index (κ1) is 25.2. The Morgan fingerprint density at radius 1 is 1.09 bits per heavy atom. The Bertz CT molecular complexity index is 1150. The number of hydrogen-bond acceptors (Lipinski definition) is 5. The number of piperazine rings is 1. The predicted molar refractivity (Wildman–Crippen MR) is 141 cm³/mol. The highest BCUT2D eigenvalue weighted by atomic mass is 35.5. The van der Waals surface area contributed by atoms with Crippen LogP contribution < -0.4 is 5.32 Å². The molecule has 0 atom stereocenters. The van der Waals surface area contributed by atoms with Gasteiger partial charge in [0.05, 0.1) is 6.54 Å². The third-order valence-corrected chi connectivity index (χ3v) is 7.01. The Labute approximate surface area is 215 Å². The first-order valence-corrected chi connectivity index (χ1v) is 13.0. The zero-order valence-corrected chi connectivity index (χ0v) is 21.6. The minimum absolute atomic E-state index is 0.0464. The minimum Gasteiger partial charge on any atom is -0.335 e. The average molecular weight is 512 g/mol. The van der Waals surface area contributed by atoms with Gasteiger partial charge >= 0.3 is 6.03 Å². The molecule has 1 aliphatic rings. The summed E-state index contributed by atoms with van der Waals surface area (Å²) in [6.45, 7) is 8.15. The number of thiazole rings is 1. The molecule has 0 saturated carbocycles. The molecule has 184 valence electrons. The fourth-order valence-electron chi connectivity index (χ4n) is 3.99. The minimum atomic E-state index is -0.236. The molecule has 0 spiro atoms. The summed E-state index contributed by atoms with van der Waals surface area (Å²) in [5.41, 5.74) is 2.36. The van der Waals surface area contributed by atoms with E-state index in [1.807, 2.05) is 24.8 Å². The number of carbonyl (C=O) groups excluding carboxylic acids is 2. The molecule has 7 nitrogen and oxygen atoms in total. The van der Waals surface area contributed by atoms with Crippen LogP contribution in [-0.2, 0) is 13.1 Å². The molecule has 1 N–H and O–H groups in total. The van der Waals surface area contributed by atoms with E-state index in [1.165, 1.54) is 16.9 Å². The van der Waals surface area contributed by atoms with Crippen molar-refractivity contribution in [1.29, 1.82) is 0 Å². The number of rotatable bonds is 7. The van der Waals surface area contributed by atoms with E-state index in [0.717, 1.165) is 24.6 Å². The number of amides is 3. The molecule has 9 heteroatoms. The normalized spacial score (nSPS) is 14.2. The summed E-state index contributed by atoms with van der Waals surface area (Å²) in [7, 11) is 0. The molecule has 1 aromatic heterocycles. The molecule has 0 unspecified atom stereocenters. The van der Waals surface area contributed by atoms with Crippen LogP contribution in [0.1, 0.15) is 34.9 Å². The van der Waals surface area contributed by atoms with E-state index in [-0.39, 0.29) is 18.0 Å². The summed E-state index contributed by atoms with van der Waals surface area (Å²) in [6, 6.07) is 17.1. The predicted octanol–water partition coefficient (Wildman–Crippen LogP) is 5.20. The molecule has 0 aliphatic carbocycles. The Hall–Kier alpha value is -2.94. The van der Waals surface area contributed by atoms with E-state index in [1.54, 1.807) is 34.5 Å². The van der Waals surface area contributed by atoms with Gasteiger partial charge in [0, 0.05) is 54.9 Å². The van der Waals surface area contributed by atoms with E-state index in [4.69, 9.17) is 11.6 Å². The van der Waals surface area contributed by atoms with Gasteiger partial charge in [-0.05, 0) is 37.6 Å². The lowest BCUT2D eigenvalue weighted by Gasteiger charge is -2.34. The molecule has 2 heterocycles. The van der Waals surface area contributed by atoms with Crippen LogP contribution in [0.2, 0.25) is 5.02 Å². The van der Waals surface area contributed by atoms with Crippen molar-refractivity contribution in [3.8, 4) is 0 Å². The Morgan fingerprint density at radius 2 is 1.83 bits per heavy atom. The van der Waals surface area contributed by atoms with Gasteiger partial charge in [-0.3, -0.25) is 9.69 Å². The van der Waals surface area contributed by atoms with Crippen LogP contribution in [0.25, 0.3) is 0 Å². The molecule has 3 amide bonds. The lowest BCUT2D eigenvalue weighted by molar-refractivity contribution is 0.0623. The first-order valence-electron chi connectivity index (χ1n) is 11.7. The Balaban J connectivity index is 1.32. The van der Waals surface area contributed by atoms with Gasteiger partial charge in [-0.2, -0.15) is 0 Å². The van der Waals surface area contributed by atoms with Crippen LogP contribution >= 0.6 is 22.9 Å². The van der Waals surface area contributed by atoms with Gasteiger partial charge in [-0.25, -0.2) is 9.78 Å². The lowest BCUT2D eigenvalue weighted by Crippen LogP contribution is -2.48. The third kappa shape index (κ3) is 6.81. The van der Waals surface area contributed by atoms with Gasteiger partial charge in [0.1, 0.15) is 10.7 Å². The number of anilines is 1. The largest absolute Gasteiger partial charge is 0.335 e. The van der Waals surface area contributed by atoms with Crippen LogP contribution in [0.15, 0.2) is 60.0 Å². The number of urea groups is 1. The number of halogens is 1. The van der Waals surface area contributed by atoms with Crippen LogP contribution in [0, 0.1) is 0 Å². The Morgan fingerprint density at radius 3 is 2.51 bits per heavy atom. The second-order valence-corrected chi connectivity index (χ2v) is 10.2. The number of nitrogens with zero attached hydrogens (tertiary/aromatic N) is 4. The maximum atomic E-state index is 13.1. The summed E-state index contributed by atoms with van der Waals surface area (Å²) < 4.78 is 0. The van der Waals surface area contributed by atoms with Crippen molar-refractivity contribution in [3.63, 3.8) is 0 Å². The molecule has 2 aromatic carbocycles. The summed E-state index contributed by atoms with van der Waals surface area (Å²) >= 11 is 7.43. The highest BCUT2D eigenvalue weighted by Gasteiger charge is 2.25. The van der Waals surface area contributed by atoms with Gasteiger partial charge in [0.25, 0.3) is 5.91 Å². The average Bonchev–Trinajstić information content (AvgIpc) is 3.32. The number of hydrogen-bond donors (Lipinski definition) is 1. The molecule has 35 heavy (non-hydrogen) atoms. The zero-order chi connectivity index (χ0) is 24.8. The second kappa shape index (κ2) is 11.7. The first-order chi connectivity index (χ1) is 16.9. The van der Waals surface area contributed by atoms with Gasteiger partial charge in [0.2, 0.25) is 0 Å². The van der Waals surface area contributed by atoms with Gasteiger partial charge < -0.3 is 15.1 Å². The van der Waals surface area contributed by atoms with Crippen LogP contribution in [0.5, 0.6) is 0 Å². The Kier molecular flexibility index (Phi) is 8.38.